The number of likely N-dealkylation sites (tertiary alicyclic amines) is 2. The zero-order valence-corrected chi connectivity index (χ0v) is 38.3. The lowest BCUT2D eigenvalue weighted by atomic mass is 9.93. The number of fused-ring (bicyclic) bond motifs is 1. The maximum absolute atomic E-state index is 14.1. The molecule has 2 saturated heterocycles. The Hall–Kier alpha value is -6.12. The highest BCUT2D eigenvalue weighted by Gasteiger charge is 2.43. The maximum Gasteiger partial charge on any atom is 0.407 e. The number of aromatic amines is 2. The number of nitrogens with zero attached hydrogens (tertiary/aromatic N) is 4. The van der Waals surface area contributed by atoms with E-state index >= 15 is 0 Å². The standard InChI is InChI=1S/C48H64N8O7/c1-12-15-35-42(52-44(50-35)38-21-30(13-2)24-55(38)45(57)40(26(4)5)53-47(59)61-10)28(8)20-39-33(14-3)34-18-17-31(22-32(34)25-63-39)36-23-49-43(51-36)37-19-16-29(9)56(37)46(58)41(27(6)7)54-48(60)62-11/h12,14-15,17-18,20,22-23,26-27,29-30,37-38,40-41H,3,13,16,19,21,24-25H2,1-2,4-11H3,(H,49,51)(H,50,52)(H,53,59)(H,54,60)/b15-12-,28-20+/t29-,30-,37-,38-,40-,41-/m0/s1. The van der Waals surface area contributed by atoms with Gasteiger partial charge in [0.15, 0.2) is 0 Å². The highest BCUT2D eigenvalue weighted by Crippen LogP contribution is 2.40. The quantitative estimate of drug-likeness (QED) is 0.123. The lowest BCUT2D eigenvalue weighted by Gasteiger charge is -2.32. The number of hydrogen-bond acceptors (Lipinski definition) is 9. The van der Waals surface area contributed by atoms with E-state index in [1.807, 2.05) is 82.6 Å². The summed E-state index contributed by atoms with van der Waals surface area (Å²) in [5, 5.41) is 5.47. The zero-order chi connectivity index (χ0) is 45.7. The topological polar surface area (TPSA) is 184 Å². The Kier molecular flexibility index (Phi) is 14.7. The summed E-state index contributed by atoms with van der Waals surface area (Å²) in [5.74, 6) is 1.73. The predicted octanol–water partition coefficient (Wildman–Crippen LogP) is 8.48. The summed E-state index contributed by atoms with van der Waals surface area (Å²) in [6, 6.07) is 4.14. The Balaban J connectivity index is 1.26. The van der Waals surface area contributed by atoms with Gasteiger partial charge in [0.2, 0.25) is 11.8 Å². The zero-order valence-electron chi connectivity index (χ0n) is 38.3. The third-order valence-corrected chi connectivity index (χ3v) is 12.5. The van der Waals surface area contributed by atoms with Gasteiger partial charge >= 0.3 is 12.2 Å². The van der Waals surface area contributed by atoms with Crippen molar-refractivity contribution < 1.29 is 33.4 Å². The number of amides is 4. The summed E-state index contributed by atoms with van der Waals surface area (Å²) in [7, 11) is 2.58. The number of methoxy groups -OCH3 is 2. The van der Waals surface area contributed by atoms with Crippen LogP contribution in [0.1, 0.15) is 127 Å². The maximum atomic E-state index is 14.1. The molecule has 5 heterocycles. The number of ether oxygens (including phenoxy) is 3. The van der Waals surface area contributed by atoms with Crippen LogP contribution in [0.4, 0.5) is 9.59 Å². The Morgan fingerprint density at radius 1 is 0.984 bits per heavy atom. The fourth-order valence-corrected chi connectivity index (χ4v) is 8.99. The van der Waals surface area contributed by atoms with Gasteiger partial charge in [-0.3, -0.25) is 9.59 Å². The van der Waals surface area contributed by atoms with Gasteiger partial charge < -0.3 is 44.6 Å². The van der Waals surface area contributed by atoms with E-state index in [9.17, 15) is 19.2 Å². The molecule has 338 valence electrons. The molecule has 15 heteroatoms. The second-order valence-electron chi connectivity index (χ2n) is 17.5. The van der Waals surface area contributed by atoms with E-state index in [4.69, 9.17) is 24.2 Å². The van der Waals surface area contributed by atoms with Gasteiger partial charge in [-0.05, 0) is 98.3 Å². The molecule has 6 atom stereocenters. The minimum Gasteiger partial charge on any atom is -0.488 e. The minimum atomic E-state index is -0.740. The highest BCUT2D eigenvalue weighted by molar-refractivity contribution is 5.88. The van der Waals surface area contributed by atoms with E-state index in [0.717, 1.165) is 70.6 Å². The molecule has 0 unspecified atom stereocenters. The van der Waals surface area contributed by atoms with E-state index < -0.39 is 24.3 Å². The molecule has 1 aromatic carbocycles. The fraction of sp³-hybridized carbons (Fsp3) is 0.500. The third kappa shape index (κ3) is 9.77. The Morgan fingerprint density at radius 3 is 2.29 bits per heavy atom. The number of allylic oxidation sites excluding steroid dienone is 5. The number of rotatable bonds is 14. The van der Waals surface area contributed by atoms with Gasteiger partial charge in [-0.25, -0.2) is 19.6 Å². The molecule has 4 amide bonds. The molecule has 3 aliphatic heterocycles. The van der Waals surface area contributed by atoms with Gasteiger partial charge in [0.05, 0.1) is 49.6 Å². The lowest BCUT2D eigenvalue weighted by molar-refractivity contribution is -0.137. The summed E-state index contributed by atoms with van der Waals surface area (Å²) >= 11 is 0. The van der Waals surface area contributed by atoms with Crippen LogP contribution in [0.3, 0.4) is 0 Å². The fourth-order valence-electron chi connectivity index (χ4n) is 8.99. The van der Waals surface area contributed by atoms with Crippen molar-refractivity contribution in [2.45, 2.75) is 118 Å². The summed E-state index contributed by atoms with van der Waals surface area (Å²) in [6.07, 6.45) is 11.5. The van der Waals surface area contributed by atoms with Crippen LogP contribution in [-0.2, 0) is 30.4 Å². The largest absolute Gasteiger partial charge is 0.488 e. The smallest absolute Gasteiger partial charge is 0.407 e. The van der Waals surface area contributed by atoms with Crippen molar-refractivity contribution in [1.82, 2.24) is 40.4 Å². The Labute approximate surface area is 370 Å². The van der Waals surface area contributed by atoms with Crippen LogP contribution < -0.4 is 10.6 Å². The lowest BCUT2D eigenvalue weighted by Crippen LogP contribution is -2.52. The molecule has 3 aliphatic rings. The van der Waals surface area contributed by atoms with Crippen molar-refractivity contribution in [2.75, 3.05) is 20.8 Å². The molecule has 3 aromatic rings. The second kappa shape index (κ2) is 19.9. The molecule has 6 rings (SSSR count). The Morgan fingerprint density at radius 2 is 1.67 bits per heavy atom. The molecule has 0 saturated carbocycles. The van der Waals surface area contributed by atoms with Crippen molar-refractivity contribution in [2.24, 2.45) is 17.8 Å². The van der Waals surface area contributed by atoms with Gasteiger partial charge in [-0.2, -0.15) is 0 Å². The minimum absolute atomic E-state index is 0.0267. The number of nitrogens with one attached hydrogen (secondary N) is 4. The van der Waals surface area contributed by atoms with Gasteiger partial charge in [-0.15, -0.1) is 0 Å². The van der Waals surface area contributed by atoms with Crippen molar-refractivity contribution >= 4 is 41.2 Å². The van der Waals surface area contributed by atoms with E-state index in [2.05, 4.69) is 46.2 Å². The van der Waals surface area contributed by atoms with E-state index in [1.165, 1.54) is 14.2 Å². The van der Waals surface area contributed by atoms with Crippen LogP contribution >= 0.6 is 0 Å². The molecule has 0 spiro atoms. The first-order valence-electron chi connectivity index (χ1n) is 22.0. The first kappa shape index (κ1) is 46.4. The van der Waals surface area contributed by atoms with Crippen molar-refractivity contribution in [1.29, 1.82) is 0 Å². The monoisotopic (exact) mass is 864 g/mol. The van der Waals surface area contributed by atoms with Crippen molar-refractivity contribution in [3.63, 3.8) is 0 Å². The van der Waals surface area contributed by atoms with Crippen LogP contribution in [0.15, 0.2) is 55.0 Å². The molecule has 2 fully saturated rings. The number of carbonyl (C=O) groups is 4. The SMILES string of the molecule is C=CC1=C(/C=C(\C)c2nc([C@@H]3C[C@H](CC)CN3C(=O)[C@@H](NC(=O)OC)C(C)C)[nH]c2/C=C\C)OCc2cc(-c3cnc([C@@H]4CC[C@H](C)N4C(=O)[C@@H](NC(=O)OC)C(C)C)[nH]3)ccc21. The number of imidazole rings is 2. The highest BCUT2D eigenvalue weighted by atomic mass is 16.5. The Bertz CT molecular complexity index is 2290. The number of carbonyl (C=O) groups excluding carboxylic acids is 4. The van der Waals surface area contributed by atoms with Crippen molar-refractivity contribution in [3.8, 4) is 11.3 Å². The third-order valence-electron chi connectivity index (χ3n) is 12.5. The van der Waals surface area contributed by atoms with Gasteiger partial charge in [0.25, 0.3) is 0 Å². The van der Waals surface area contributed by atoms with Crippen LogP contribution in [0.2, 0.25) is 0 Å². The molecule has 0 bridgehead atoms. The summed E-state index contributed by atoms with van der Waals surface area (Å²) in [4.78, 5) is 72.9. The molecule has 0 radical (unpaired) electrons. The summed E-state index contributed by atoms with van der Waals surface area (Å²) in [5.41, 5.74) is 7.02. The number of aromatic nitrogens is 4. The number of hydrogen-bond donors (Lipinski definition) is 4. The van der Waals surface area contributed by atoms with Crippen molar-refractivity contribution in [3.05, 3.63) is 89.1 Å². The first-order chi connectivity index (χ1) is 30.1. The molecular weight excluding hydrogens is 801 g/mol. The average Bonchev–Trinajstić information content (AvgIpc) is 4.09. The number of alkyl carbamates (subject to hydrolysis) is 2. The van der Waals surface area contributed by atoms with Crippen LogP contribution in [0.5, 0.6) is 0 Å². The second-order valence-corrected chi connectivity index (χ2v) is 17.5. The molecule has 4 N–H and O–H groups in total. The molecular formula is C48H64N8O7. The number of H-pyrrole nitrogens is 2. The summed E-state index contributed by atoms with van der Waals surface area (Å²) in [6.45, 7) is 20.8. The number of benzene rings is 1. The molecule has 63 heavy (non-hydrogen) atoms. The molecule has 2 aromatic heterocycles. The first-order valence-corrected chi connectivity index (χ1v) is 22.0. The van der Waals surface area contributed by atoms with E-state index in [-0.39, 0.29) is 47.7 Å². The molecule has 0 aliphatic carbocycles. The van der Waals surface area contributed by atoms with Gasteiger partial charge in [0.1, 0.15) is 36.1 Å². The summed E-state index contributed by atoms with van der Waals surface area (Å²) < 4.78 is 16.1. The van der Waals surface area contributed by atoms with E-state index in [1.54, 1.807) is 12.3 Å². The molecule has 15 nitrogen and oxygen atoms in total. The predicted molar refractivity (Wildman–Crippen MR) is 242 cm³/mol. The van der Waals surface area contributed by atoms with Crippen LogP contribution in [0.25, 0.3) is 28.5 Å². The van der Waals surface area contributed by atoms with Crippen LogP contribution in [-0.4, -0.2) is 92.6 Å². The van der Waals surface area contributed by atoms with Crippen LogP contribution in [0, 0.1) is 17.8 Å². The van der Waals surface area contributed by atoms with Gasteiger partial charge in [0, 0.05) is 18.2 Å². The normalized spacial score (nSPS) is 21.1. The van der Waals surface area contributed by atoms with E-state index in [0.29, 0.717) is 30.6 Å². The average molecular weight is 865 g/mol. The van der Waals surface area contributed by atoms with Gasteiger partial charge in [-0.1, -0.05) is 71.9 Å².